The monoisotopic (exact) mass is 343 g/mol. The second-order valence-electron chi connectivity index (χ2n) is 4.56. The molecule has 2 N–H and O–H groups in total. The fourth-order valence-electron chi connectivity index (χ4n) is 1.67. The van der Waals surface area contributed by atoms with Gasteiger partial charge in [0.1, 0.15) is 0 Å². The van der Waals surface area contributed by atoms with Crippen LogP contribution in [0.15, 0.2) is 30.5 Å². The maximum Gasteiger partial charge on any atom is 0.416 e. The van der Waals surface area contributed by atoms with Gasteiger partial charge in [0.2, 0.25) is 0 Å². The minimum absolute atomic E-state index is 0.104. The number of alkyl halides is 3. The van der Waals surface area contributed by atoms with Gasteiger partial charge in [0.05, 0.1) is 17.1 Å². The molecule has 2 aromatic rings. The Kier molecular flexibility index (Phi) is 4.99. The molecule has 0 unspecified atom stereocenters. The highest BCUT2D eigenvalue weighted by Gasteiger charge is 2.30. The van der Waals surface area contributed by atoms with E-state index in [9.17, 15) is 22.8 Å². The predicted molar refractivity (Wildman–Crippen MR) is 78.8 cm³/mol. The van der Waals surface area contributed by atoms with Crippen molar-refractivity contribution in [3.05, 3.63) is 45.9 Å². The third kappa shape index (κ3) is 4.78. The first-order valence-electron chi connectivity index (χ1n) is 6.43. The number of hydrogen-bond acceptors (Lipinski definition) is 4. The highest BCUT2D eigenvalue weighted by molar-refractivity contribution is 7.11. The molecule has 2 amide bonds. The summed E-state index contributed by atoms with van der Waals surface area (Å²) in [6.45, 7) is 1.97. The van der Waals surface area contributed by atoms with Gasteiger partial charge in [0.15, 0.2) is 0 Å². The Morgan fingerprint density at radius 2 is 1.83 bits per heavy atom. The van der Waals surface area contributed by atoms with Crippen molar-refractivity contribution in [2.24, 2.45) is 0 Å². The normalized spacial score (nSPS) is 11.1. The minimum Gasteiger partial charge on any atom is -0.343 e. The lowest BCUT2D eigenvalue weighted by atomic mass is 10.2. The lowest BCUT2D eigenvalue weighted by Gasteiger charge is -2.08. The van der Waals surface area contributed by atoms with Gasteiger partial charge in [-0.2, -0.15) is 13.2 Å². The molecule has 1 aromatic carbocycles. The standard InChI is InChI=1S/C14H12F3N3O2S/c1-8-18-6-11(23-8)7-19-12(21)13(22)20-10-4-2-9(3-5-10)14(15,16)17/h2-6H,7H2,1H3,(H,19,21)(H,20,22). The Morgan fingerprint density at radius 3 is 2.35 bits per heavy atom. The summed E-state index contributed by atoms with van der Waals surface area (Å²) in [6.07, 6.45) is -2.86. The molecule has 0 aliphatic heterocycles. The van der Waals surface area contributed by atoms with E-state index in [1.807, 2.05) is 6.92 Å². The van der Waals surface area contributed by atoms with Crippen LogP contribution in [-0.4, -0.2) is 16.8 Å². The van der Waals surface area contributed by atoms with E-state index in [1.165, 1.54) is 11.3 Å². The summed E-state index contributed by atoms with van der Waals surface area (Å²) >= 11 is 1.39. The van der Waals surface area contributed by atoms with E-state index in [0.717, 1.165) is 34.2 Å². The van der Waals surface area contributed by atoms with Gasteiger partial charge < -0.3 is 10.6 Å². The van der Waals surface area contributed by atoms with Gasteiger partial charge in [-0.15, -0.1) is 11.3 Å². The van der Waals surface area contributed by atoms with Crippen LogP contribution in [0.25, 0.3) is 0 Å². The second kappa shape index (κ2) is 6.78. The third-order valence-corrected chi connectivity index (χ3v) is 3.68. The Bertz CT molecular complexity index is 711. The summed E-state index contributed by atoms with van der Waals surface area (Å²) in [6, 6.07) is 3.82. The largest absolute Gasteiger partial charge is 0.416 e. The van der Waals surface area contributed by atoms with E-state index in [2.05, 4.69) is 15.6 Å². The Labute approximate surface area is 133 Å². The smallest absolute Gasteiger partial charge is 0.343 e. The van der Waals surface area contributed by atoms with Gasteiger partial charge in [0, 0.05) is 16.8 Å². The maximum absolute atomic E-state index is 12.4. The number of thiazole rings is 1. The zero-order valence-electron chi connectivity index (χ0n) is 11.9. The number of carbonyl (C=O) groups excluding carboxylic acids is 2. The number of benzene rings is 1. The molecule has 0 radical (unpaired) electrons. The number of aryl methyl sites for hydroxylation is 1. The Balaban J connectivity index is 1.89. The van der Waals surface area contributed by atoms with Crippen molar-refractivity contribution >= 4 is 28.8 Å². The molecular weight excluding hydrogens is 331 g/mol. The summed E-state index contributed by atoms with van der Waals surface area (Å²) in [5.74, 6) is -1.83. The number of aromatic nitrogens is 1. The van der Waals surface area contributed by atoms with E-state index in [0.29, 0.717) is 0 Å². The molecule has 0 spiro atoms. The van der Waals surface area contributed by atoms with Crippen molar-refractivity contribution in [2.75, 3.05) is 5.32 Å². The lowest BCUT2D eigenvalue weighted by molar-refractivity contribution is -0.137. The molecule has 0 bridgehead atoms. The number of halogens is 3. The summed E-state index contributed by atoms with van der Waals surface area (Å²) in [5, 5.41) is 5.48. The van der Waals surface area contributed by atoms with Gasteiger partial charge in [0.25, 0.3) is 0 Å². The molecule has 2 rings (SSSR count). The fourth-order valence-corrected chi connectivity index (χ4v) is 2.40. The first-order valence-corrected chi connectivity index (χ1v) is 7.25. The molecule has 23 heavy (non-hydrogen) atoms. The van der Waals surface area contributed by atoms with E-state index >= 15 is 0 Å². The number of amides is 2. The predicted octanol–water partition coefficient (Wildman–Crippen LogP) is 2.73. The maximum atomic E-state index is 12.4. The molecular formula is C14H12F3N3O2S. The van der Waals surface area contributed by atoms with Crippen molar-refractivity contribution in [2.45, 2.75) is 19.6 Å². The van der Waals surface area contributed by atoms with Gasteiger partial charge >= 0.3 is 18.0 Å². The number of anilines is 1. The molecule has 0 aliphatic carbocycles. The Morgan fingerprint density at radius 1 is 1.17 bits per heavy atom. The van der Waals surface area contributed by atoms with E-state index in [-0.39, 0.29) is 12.2 Å². The van der Waals surface area contributed by atoms with Crippen LogP contribution in [0.1, 0.15) is 15.4 Å². The highest BCUT2D eigenvalue weighted by Crippen LogP contribution is 2.29. The van der Waals surface area contributed by atoms with Crippen LogP contribution in [-0.2, 0) is 22.3 Å². The first-order chi connectivity index (χ1) is 10.8. The van der Waals surface area contributed by atoms with Crippen molar-refractivity contribution in [3.8, 4) is 0 Å². The molecule has 0 atom stereocenters. The van der Waals surface area contributed by atoms with Crippen molar-refractivity contribution in [1.82, 2.24) is 10.3 Å². The van der Waals surface area contributed by atoms with Crippen LogP contribution in [0.4, 0.5) is 18.9 Å². The summed E-state index contributed by atoms with van der Waals surface area (Å²) < 4.78 is 37.3. The van der Waals surface area contributed by atoms with E-state index in [1.54, 1.807) is 6.20 Å². The average molecular weight is 343 g/mol. The van der Waals surface area contributed by atoms with Crippen molar-refractivity contribution < 1.29 is 22.8 Å². The van der Waals surface area contributed by atoms with Crippen molar-refractivity contribution in [3.63, 3.8) is 0 Å². The zero-order chi connectivity index (χ0) is 17.0. The molecule has 122 valence electrons. The number of nitrogens with one attached hydrogen (secondary N) is 2. The molecule has 0 fully saturated rings. The zero-order valence-corrected chi connectivity index (χ0v) is 12.7. The molecule has 0 saturated carbocycles. The highest BCUT2D eigenvalue weighted by atomic mass is 32.1. The van der Waals surface area contributed by atoms with Gasteiger partial charge in [-0.1, -0.05) is 0 Å². The molecule has 1 aromatic heterocycles. The summed E-state index contributed by atoms with van der Waals surface area (Å²) in [4.78, 5) is 28.1. The Hall–Kier alpha value is -2.42. The molecule has 1 heterocycles. The first kappa shape index (κ1) is 16.9. The second-order valence-corrected chi connectivity index (χ2v) is 5.88. The van der Waals surface area contributed by atoms with Crippen molar-refractivity contribution in [1.29, 1.82) is 0 Å². The number of rotatable bonds is 3. The van der Waals surface area contributed by atoms with Crippen LogP contribution in [0.5, 0.6) is 0 Å². The number of nitrogens with zero attached hydrogens (tertiary/aromatic N) is 1. The topological polar surface area (TPSA) is 71.1 Å². The van der Waals surface area contributed by atoms with Crippen LogP contribution in [0.2, 0.25) is 0 Å². The fraction of sp³-hybridized carbons (Fsp3) is 0.214. The number of hydrogen-bond donors (Lipinski definition) is 2. The quantitative estimate of drug-likeness (QED) is 0.842. The SMILES string of the molecule is Cc1ncc(CNC(=O)C(=O)Nc2ccc(C(F)(F)F)cc2)s1. The van der Waals surface area contributed by atoms with Crippen LogP contribution in [0.3, 0.4) is 0 Å². The average Bonchev–Trinajstić information content (AvgIpc) is 2.90. The summed E-state index contributed by atoms with van der Waals surface area (Å²) in [5.41, 5.74) is -0.729. The molecule has 0 saturated heterocycles. The van der Waals surface area contributed by atoms with Gasteiger partial charge in [-0.3, -0.25) is 9.59 Å². The third-order valence-electron chi connectivity index (χ3n) is 2.77. The molecule has 5 nitrogen and oxygen atoms in total. The van der Waals surface area contributed by atoms with Gasteiger partial charge in [-0.25, -0.2) is 4.98 Å². The van der Waals surface area contributed by atoms with Crippen LogP contribution in [0, 0.1) is 6.92 Å². The molecule has 9 heteroatoms. The van der Waals surface area contributed by atoms with Gasteiger partial charge in [-0.05, 0) is 31.2 Å². The van der Waals surface area contributed by atoms with E-state index in [4.69, 9.17) is 0 Å². The number of carbonyl (C=O) groups is 2. The van der Waals surface area contributed by atoms with E-state index < -0.39 is 23.6 Å². The van der Waals surface area contributed by atoms with Crippen LogP contribution < -0.4 is 10.6 Å². The van der Waals surface area contributed by atoms with Crippen LogP contribution >= 0.6 is 11.3 Å². The lowest BCUT2D eigenvalue weighted by Crippen LogP contribution is -2.34. The summed E-state index contributed by atoms with van der Waals surface area (Å²) in [7, 11) is 0. The minimum atomic E-state index is -4.45. The molecule has 0 aliphatic rings.